The number of hydrogen-bond acceptors (Lipinski definition) is 8. The molecular weight excluding hydrogens is 392 g/mol. The average molecular weight is 410 g/mol. The Morgan fingerprint density at radius 2 is 2.13 bits per heavy atom. The van der Waals surface area contributed by atoms with Crippen LogP contribution >= 0.6 is 0 Å². The first-order valence-corrected chi connectivity index (χ1v) is 9.50. The number of piperazine rings is 1. The number of hydrogen-bond donors (Lipinski definition) is 1. The van der Waals surface area contributed by atoms with Crippen molar-refractivity contribution in [3.63, 3.8) is 0 Å². The molecule has 1 unspecified atom stereocenters. The second-order valence-electron chi connectivity index (χ2n) is 7.44. The van der Waals surface area contributed by atoms with Crippen LogP contribution in [0.3, 0.4) is 0 Å². The van der Waals surface area contributed by atoms with Gasteiger partial charge < -0.3 is 19.9 Å². The van der Waals surface area contributed by atoms with E-state index >= 15 is 0 Å². The van der Waals surface area contributed by atoms with Gasteiger partial charge >= 0.3 is 0 Å². The van der Waals surface area contributed by atoms with E-state index in [9.17, 15) is 19.2 Å². The Hall–Kier alpha value is -3.60. The lowest BCUT2D eigenvalue weighted by atomic mass is 9.93. The monoisotopic (exact) mass is 410 g/mol. The Morgan fingerprint density at radius 1 is 1.30 bits per heavy atom. The number of amides is 2. The summed E-state index contributed by atoms with van der Waals surface area (Å²) in [4.78, 5) is 61.9. The van der Waals surface area contributed by atoms with E-state index in [1.807, 2.05) is 6.92 Å². The summed E-state index contributed by atoms with van der Waals surface area (Å²) in [5.41, 5.74) is 0.368. The molecule has 2 saturated heterocycles. The number of rotatable bonds is 3. The SMILES string of the molecule is C[C@H]1CO[C@@H]2CN3C=C(C(=O)NCc4cnc5ncccn45)C(=O)C(=O)C3C(=O)N12. The van der Waals surface area contributed by atoms with Crippen LogP contribution in [0, 0.1) is 0 Å². The topological polar surface area (TPSA) is 126 Å². The summed E-state index contributed by atoms with van der Waals surface area (Å²) >= 11 is 0. The largest absolute Gasteiger partial charge is 0.354 e. The molecule has 3 aliphatic heterocycles. The van der Waals surface area contributed by atoms with Crippen molar-refractivity contribution < 1.29 is 23.9 Å². The van der Waals surface area contributed by atoms with E-state index in [1.54, 1.807) is 29.1 Å². The van der Waals surface area contributed by atoms with Crippen molar-refractivity contribution in [2.45, 2.75) is 31.8 Å². The third-order valence-electron chi connectivity index (χ3n) is 5.55. The summed E-state index contributed by atoms with van der Waals surface area (Å²) in [7, 11) is 0. The molecule has 2 aromatic heterocycles. The molecule has 2 aromatic rings. The zero-order chi connectivity index (χ0) is 21.0. The molecule has 30 heavy (non-hydrogen) atoms. The van der Waals surface area contributed by atoms with Gasteiger partial charge in [-0.1, -0.05) is 0 Å². The molecule has 2 fully saturated rings. The highest BCUT2D eigenvalue weighted by atomic mass is 16.5. The number of fused-ring (bicyclic) bond motifs is 3. The number of imidazole rings is 1. The summed E-state index contributed by atoms with van der Waals surface area (Å²) < 4.78 is 7.31. The molecule has 3 atom stereocenters. The fourth-order valence-electron chi connectivity index (χ4n) is 4.07. The van der Waals surface area contributed by atoms with Crippen molar-refractivity contribution >= 4 is 29.2 Å². The molecule has 3 aliphatic rings. The van der Waals surface area contributed by atoms with E-state index in [2.05, 4.69) is 15.3 Å². The average Bonchev–Trinajstić information content (AvgIpc) is 3.32. The number of nitrogens with one attached hydrogen (secondary N) is 1. The predicted octanol–water partition coefficient (Wildman–Crippen LogP) is -1.36. The molecule has 5 rings (SSSR count). The lowest BCUT2D eigenvalue weighted by Crippen LogP contribution is -2.65. The molecule has 0 bridgehead atoms. The van der Waals surface area contributed by atoms with E-state index in [-0.39, 0.29) is 24.7 Å². The second kappa shape index (κ2) is 6.73. The molecule has 5 heterocycles. The molecule has 0 radical (unpaired) electrons. The third kappa shape index (κ3) is 2.70. The van der Waals surface area contributed by atoms with E-state index in [4.69, 9.17) is 4.74 Å². The number of ketones is 2. The van der Waals surface area contributed by atoms with Gasteiger partial charge in [0, 0.05) is 18.6 Å². The summed E-state index contributed by atoms with van der Waals surface area (Å²) in [5, 5.41) is 2.64. The van der Waals surface area contributed by atoms with Gasteiger partial charge in [-0.3, -0.25) is 23.6 Å². The fourth-order valence-corrected chi connectivity index (χ4v) is 4.07. The standard InChI is InChI=1S/C19H18N6O5/c1-10-9-30-13-8-23-7-12(15(26)16(27)14(23)18(29)25(10)13)17(28)21-5-11-6-22-19-20-3-2-4-24(11)19/h2-4,6-7,10,13-14H,5,8-9H2,1H3,(H,21,28)/t10-,13+,14?/m0/s1. The Labute approximate surface area is 170 Å². The number of Topliss-reactive ketones (excluding diaryl/α,β-unsaturated/α-hetero) is 2. The maximum Gasteiger partial charge on any atom is 0.257 e. The molecule has 11 nitrogen and oxygen atoms in total. The number of aromatic nitrogens is 3. The normalized spacial score (nSPS) is 26.0. The van der Waals surface area contributed by atoms with Crippen molar-refractivity contribution in [3.8, 4) is 0 Å². The summed E-state index contributed by atoms with van der Waals surface area (Å²) in [5.74, 6) is -2.54. The Morgan fingerprint density at radius 3 is 2.97 bits per heavy atom. The van der Waals surface area contributed by atoms with Crippen molar-refractivity contribution in [2.24, 2.45) is 0 Å². The van der Waals surface area contributed by atoms with Crippen LogP contribution in [0.1, 0.15) is 12.6 Å². The molecular formula is C19H18N6O5. The number of ether oxygens (including phenoxy) is 1. The molecule has 2 amide bonds. The zero-order valence-electron chi connectivity index (χ0n) is 16.0. The van der Waals surface area contributed by atoms with Gasteiger partial charge in [-0.2, -0.15) is 0 Å². The first-order valence-electron chi connectivity index (χ1n) is 9.50. The number of nitrogens with zero attached hydrogens (tertiary/aromatic N) is 5. The minimum atomic E-state index is -1.24. The summed E-state index contributed by atoms with van der Waals surface area (Å²) in [6.07, 6.45) is 5.71. The van der Waals surface area contributed by atoms with Gasteiger partial charge in [0.05, 0.1) is 37.6 Å². The Balaban J connectivity index is 1.37. The molecule has 0 aliphatic carbocycles. The van der Waals surface area contributed by atoms with Crippen LogP contribution < -0.4 is 5.32 Å². The predicted molar refractivity (Wildman–Crippen MR) is 99.5 cm³/mol. The maximum absolute atomic E-state index is 12.8. The van der Waals surface area contributed by atoms with Gasteiger partial charge in [-0.25, -0.2) is 9.97 Å². The van der Waals surface area contributed by atoms with E-state index in [0.717, 1.165) is 0 Å². The van der Waals surface area contributed by atoms with E-state index in [1.165, 1.54) is 16.0 Å². The highest BCUT2D eigenvalue weighted by Crippen LogP contribution is 2.29. The van der Waals surface area contributed by atoms with Crippen LogP contribution in [0.5, 0.6) is 0 Å². The van der Waals surface area contributed by atoms with Crippen LogP contribution in [0.25, 0.3) is 5.78 Å². The molecule has 1 N–H and O–H groups in total. The van der Waals surface area contributed by atoms with Gasteiger partial charge in [-0.05, 0) is 13.0 Å². The van der Waals surface area contributed by atoms with Crippen LogP contribution in [0.4, 0.5) is 0 Å². The molecule has 0 aromatic carbocycles. The van der Waals surface area contributed by atoms with Crippen LogP contribution in [0.15, 0.2) is 36.4 Å². The van der Waals surface area contributed by atoms with Crippen LogP contribution in [-0.2, 0) is 30.5 Å². The summed E-state index contributed by atoms with van der Waals surface area (Å²) in [6, 6.07) is 0.328. The molecule has 11 heteroatoms. The number of carbonyl (C=O) groups is 4. The van der Waals surface area contributed by atoms with Crippen molar-refractivity contribution in [1.29, 1.82) is 0 Å². The number of carbonyl (C=O) groups excluding carboxylic acids is 4. The highest BCUT2D eigenvalue weighted by molar-refractivity contribution is 6.53. The zero-order valence-corrected chi connectivity index (χ0v) is 16.0. The van der Waals surface area contributed by atoms with Gasteiger partial charge in [0.25, 0.3) is 11.8 Å². The van der Waals surface area contributed by atoms with Crippen molar-refractivity contribution in [3.05, 3.63) is 42.1 Å². The quantitative estimate of drug-likeness (QED) is 0.374. The van der Waals surface area contributed by atoms with Crippen LogP contribution in [-0.4, -0.2) is 79.0 Å². The smallest absolute Gasteiger partial charge is 0.257 e. The second-order valence-corrected chi connectivity index (χ2v) is 7.44. The van der Waals surface area contributed by atoms with E-state index < -0.39 is 35.7 Å². The first-order chi connectivity index (χ1) is 14.5. The van der Waals surface area contributed by atoms with Gasteiger partial charge in [0.15, 0.2) is 6.04 Å². The highest BCUT2D eigenvalue weighted by Gasteiger charge is 2.52. The fraction of sp³-hybridized carbons (Fsp3) is 0.368. The summed E-state index contributed by atoms with van der Waals surface area (Å²) in [6.45, 7) is 2.50. The molecule has 154 valence electrons. The van der Waals surface area contributed by atoms with Gasteiger partial charge in [0.1, 0.15) is 11.8 Å². The van der Waals surface area contributed by atoms with Crippen molar-refractivity contribution in [2.75, 3.05) is 13.2 Å². The first kappa shape index (κ1) is 18.4. The van der Waals surface area contributed by atoms with Gasteiger partial charge in [-0.15, -0.1) is 0 Å². The molecule has 0 saturated carbocycles. The van der Waals surface area contributed by atoms with Crippen LogP contribution in [0.2, 0.25) is 0 Å². The van der Waals surface area contributed by atoms with Gasteiger partial charge in [0.2, 0.25) is 17.3 Å². The lowest BCUT2D eigenvalue weighted by Gasteiger charge is -2.43. The van der Waals surface area contributed by atoms with E-state index in [0.29, 0.717) is 18.1 Å². The Kier molecular flexibility index (Phi) is 4.13. The minimum Gasteiger partial charge on any atom is -0.354 e. The minimum absolute atomic E-state index is 0.0872. The third-order valence-corrected chi connectivity index (χ3v) is 5.55. The molecule has 0 spiro atoms. The lowest BCUT2D eigenvalue weighted by molar-refractivity contribution is -0.159. The Bertz CT molecular complexity index is 1120. The maximum atomic E-state index is 12.8. The van der Waals surface area contributed by atoms with Crippen molar-refractivity contribution in [1.82, 2.24) is 29.5 Å².